The van der Waals surface area contributed by atoms with Gasteiger partial charge >= 0.3 is 0 Å². The van der Waals surface area contributed by atoms with Crippen LogP contribution >= 0.6 is 11.6 Å². The molecule has 0 heterocycles. The summed E-state index contributed by atoms with van der Waals surface area (Å²) in [4.78, 5) is 14.8. The van der Waals surface area contributed by atoms with Crippen LogP contribution in [0.1, 0.15) is 38.7 Å². The summed E-state index contributed by atoms with van der Waals surface area (Å²) in [5.41, 5.74) is 1.22. The van der Waals surface area contributed by atoms with Gasteiger partial charge in [0.1, 0.15) is 0 Å². The van der Waals surface area contributed by atoms with Crippen LogP contribution in [0.2, 0.25) is 5.02 Å². The van der Waals surface area contributed by atoms with Gasteiger partial charge in [0.15, 0.2) is 5.78 Å². The lowest BCUT2D eigenvalue weighted by molar-refractivity contribution is -0.130. The molecule has 1 aliphatic carbocycles. The number of ketones is 1. The molecule has 2 nitrogen and oxygen atoms in total. The fourth-order valence-corrected chi connectivity index (χ4v) is 3.52. The van der Waals surface area contributed by atoms with E-state index in [9.17, 15) is 4.79 Å². The second kappa shape index (κ2) is 5.87. The Balaban J connectivity index is 2.42. The number of benzene rings is 1. The number of Topliss-reactive ketones (excluding diaryl/α,β-unsaturated/α-hetero) is 1. The van der Waals surface area contributed by atoms with E-state index in [1.54, 1.807) is 0 Å². The van der Waals surface area contributed by atoms with E-state index in [-0.39, 0.29) is 17.4 Å². The second-order valence-corrected chi connectivity index (χ2v) is 6.88. The maximum atomic E-state index is 12.7. The van der Waals surface area contributed by atoms with Crippen molar-refractivity contribution in [3.8, 4) is 0 Å². The summed E-state index contributed by atoms with van der Waals surface area (Å²) < 4.78 is 0. The molecule has 0 amide bonds. The Morgan fingerprint density at radius 3 is 2.10 bits per heavy atom. The number of likely N-dealkylation sites (N-methyl/N-ethyl adjacent to an activating group) is 1. The van der Waals surface area contributed by atoms with Gasteiger partial charge in [0.25, 0.3) is 0 Å². The number of carbonyl (C=O) groups is 1. The Morgan fingerprint density at radius 1 is 1.20 bits per heavy atom. The van der Waals surface area contributed by atoms with Crippen LogP contribution in [-0.4, -0.2) is 30.8 Å². The minimum Gasteiger partial charge on any atom is -0.299 e. The number of nitrogens with zero attached hydrogens (tertiary/aromatic N) is 1. The number of hydrogen-bond donors (Lipinski definition) is 0. The van der Waals surface area contributed by atoms with Gasteiger partial charge in [-0.25, -0.2) is 0 Å². The van der Waals surface area contributed by atoms with Crippen molar-refractivity contribution in [3.05, 3.63) is 34.9 Å². The molecule has 0 saturated heterocycles. The standard InChI is InChI=1S/C17H24ClNO/c1-12(2)15(20)16(19(3)4)17(10-5-11-17)13-6-8-14(18)9-7-13/h6-9,12,16H,5,10-11H2,1-4H3. The highest BCUT2D eigenvalue weighted by Gasteiger charge is 2.49. The molecule has 0 aliphatic heterocycles. The summed E-state index contributed by atoms with van der Waals surface area (Å²) in [7, 11) is 4.03. The molecule has 0 radical (unpaired) electrons. The van der Waals surface area contributed by atoms with Gasteiger partial charge in [-0.2, -0.15) is 0 Å². The van der Waals surface area contributed by atoms with E-state index in [4.69, 9.17) is 11.6 Å². The first-order chi connectivity index (χ1) is 9.38. The number of hydrogen-bond acceptors (Lipinski definition) is 2. The predicted octanol–water partition coefficient (Wildman–Crippen LogP) is 3.92. The van der Waals surface area contributed by atoms with Gasteiger partial charge in [-0.3, -0.25) is 9.69 Å². The van der Waals surface area contributed by atoms with Crippen LogP contribution in [0.15, 0.2) is 24.3 Å². The maximum Gasteiger partial charge on any atom is 0.153 e. The molecule has 0 bridgehead atoms. The van der Waals surface area contributed by atoms with E-state index in [0.29, 0.717) is 5.78 Å². The number of carbonyl (C=O) groups excluding carboxylic acids is 1. The lowest BCUT2D eigenvalue weighted by Crippen LogP contribution is -2.57. The van der Waals surface area contributed by atoms with Gasteiger partial charge in [-0.15, -0.1) is 0 Å². The van der Waals surface area contributed by atoms with Crippen LogP contribution in [0.5, 0.6) is 0 Å². The van der Waals surface area contributed by atoms with E-state index < -0.39 is 0 Å². The van der Waals surface area contributed by atoms with Crippen molar-refractivity contribution < 1.29 is 4.79 Å². The first-order valence-electron chi connectivity index (χ1n) is 7.34. The average molecular weight is 294 g/mol. The zero-order valence-corrected chi connectivity index (χ0v) is 13.6. The van der Waals surface area contributed by atoms with E-state index in [1.807, 2.05) is 40.1 Å². The highest BCUT2D eigenvalue weighted by Crippen LogP contribution is 2.48. The Kier molecular flexibility index (Phi) is 4.55. The van der Waals surface area contributed by atoms with Crippen LogP contribution in [0.4, 0.5) is 0 Å². The van der Waals surface area contributed by atoms with Crippen LogP contribution in [0.3, 0.4) is 0 Å². The molecule has 1 saturated carbocycles. The molecule has 1 aliphatic rings. The highest BCUT2D eigenvalue weighted by atomic mass is 35.5. The Morgan fingerprint density at radius 2 is 1.75 bits per heavy atom. The van der Waals surface area contributed by atoms with Gasteiger partial charge < -0.3 is 0 Å². The molecule has 3 heteroatoms. The van der Waals surface area contributed by atoms with E-state index in [0.717, 1.165) is 17.9 Å². The van der Waals surface area contributed by atoms with Crippen molar-refractivity contribution in [2.75, 3.05) is 14.1 Å². The summed E-state index contributed by atoms with van der Waals surface area (Å²) in [6.07, 6.45) is 3.35. The first kappa shape index (κ1) is 15.5. The average Bonchev–Trinajstić information content (AvgIpc) is 2.33. The zero-order valence-electron chi connectivity index (χ0n) is 12.8. The van der Waals surface area contributed by atoms with Crippen molar-refractivity contribution in [2.45, 2.75) is 44.6 Å². The molecule has 1 aromatic rings. The third-order valence-electron chi connectivity index (χ3n) is 4.54. The van der Waals surface area contributed by atoms with E-state index >= 15 is 0 Å². The molecule has 0 N–H and O–H groups in total. The molecule has 1 unspecified atom stereocenters. The molecule has 2 rings (SSSR count). The summed E-state index contributed by atoms with van der Waals surface area (Å²) in [6.45, 7) is 3.99. The van der Waals surface area contributed by atoms with Gasteiger partial charge in [-0.05, 0) is 44.6 Å². The Labute approximate surface area is 127 Å². The molecule has 1 aromatic carbocycles. The minimum atomic E-state index is -0.0441. The number of rotatable bonds is 5. The van der Waals surface area contributed by atoms with Crippen LogP contribution < -0.4 is 0 Å². The van der Waals surface area contributed by atoms with Crippen molar-refractivity contribution in [2.24, 2.45) is 5.92 Å². The number of halogens is 1. The molecule has 20 heavy (non-hydrogen) atoms. The van der Waals surface area contributed by atoms with Gasteiger partial charge in [0.2, 0.25) is 0 Å². The molecular formula is C17H24ClNO. The summed E-state index contributed by atoms with van der Waals surface area (Å²) in [5, 5.41) is 0.750. The second-order valence-electron chi connectivity index (χ2n) is 6.44. The third-order valence-corrected chi connectivity index (χ3v) is 4.80. The fraction of sp³-hybridized carbons (Fsp3) is 0.588. The van der Waals surface area contributed by atoms with Crippen molar-refractivity contribution in [1.29, 1.82) is 0 Å². The smallest absolute Gasteiger partial charge is 0.153 e. The summed E-state index contributed by atoms with van der Waals surface area (Å²) in [6, 6.07) is 8.00. The maximum absolute atomic E-state index is 12.7. The van der Waals surface area contributed by atoms with Crippen molar-refractivity contribution in [3.63, 3.8) is 0 Å². The highest BCUT2D eigenvalue weighted by molar-refractivity contribution is 6.30. The normalized spacial score (nSPS) is 18.9. The van der Waals surface area contributed by atoms with Crippen molar-refractivity contribution in [1.82, 2.24) is 4.90 Å². The van der Waals surface area contributed by atoms with Gasteiger partial charge in [0, 0.05) is 16.4 Å². The Hall–Kier alpha value is -0.860. The molecule has 110 valence electrons. The van der Waals surface area contributed by atoms with Crippen LogP contribution in [0, 0.1) is 5.92 Å². The molecule has 0 aromatic heterocycles. The predicted molar refractivity (Wildman–Crippen MR) is 84.3 cm³/mol. The molecule has 0 spiro atoms. The van der Waals surface area contributed by atoms with E-state index in [1.165, 1.54) is 12.0 Å². The summed E-state index contributed by atoms with van der Waals surface area (Å²) in [5.74, 6) is 0.400. The van der Waals surface area contributed by atoms with Gasteiger partial charge in [-0.1, -0.05) is 44.0 Å². The van der Waals surface area contributed by atoms with Crippen molar-refractivity contribution >= 4 is 17.4 Å². The van der Waals surface area contributed by atoms with Crippen LogP contribution in [0.25, 0.3) is 0 Å². The zero-order chi connectivity index (χ0) is 14.9. The lowest BCUT2D eigenvalue weighted by Gasteiger charge is -2.50. The summed E-state index contributed by atoms with van der Waals surface area (Å²) >= 11 is 6.00. The molecule has 1 atom stereocenters. The minimum absolute atomic E-state index is 0.0323. The largest absolute Gasteiger partial charge is 0.299 e. The monoisotopic (exact) mass is 293 g/mol. The SMILES string of the molecule is CC(C)C(=O)C(N(C)C)C1(c2ccc(Cl)cc2)CCC1. The fourth-order valence-electron chi connectivity index (χ4n) is 3.40. The van der Waals surface area contributed by atoms with Crippen LogP contribution in [-0.2, 0) is 10.2 Å². The lowest BCUT2D eigenvalue weighted by atomic mass is 9.58. The topological polar surface area (TPSA) is 20.3 Å². The third kappa shape index (κ3) is 2.64. The molecule has 1 fully saturated rings. The quantitative estimate of drug-likeness (QED) is 0.820. The van der Waals surface area contributed by atoms with Gasteiger partial charge in [0.05, 0.1) is 6.04 Å². The first-order valence-corrected chi connectivity index (χ1v) is 7.72. The van der Waals surface area contributed by atoms with E-state index in [2.05, 4.69) is 17.0 Å². The Bertz CT molecular complexity index is 474. The molecular weight excluding hydrogens is 270 g/mol.